The molecule has 1 saturated heterocycles. The van der Waals surface area contributed by atoms with Gasteiger partial charge in [0.15, 0.2) is 0 Å². The second kappa shape index (κ2) is 6.20. The highest BCUT2D eigenvalue weighted by Crippen LogP contribution is 2.24. The zero-order valence-electron chi connectivity index (χ0n) is 11.9. The van der Waals surface area contributed by atoms with Gasteiger partial charge < -0.3 is 11.1 Å². The van der Waals surface area contributed by atoms with E-state index in [9.17, 15) is 4.79 Å². The monoisotopic (exact) mass is 260 g/mol. The Balaban J connectivity index is 2.17. The lowest BCUT2D eigenvalue weighted by Crippen LogP contribution is -2.28. The van der Waals surface area contributed by atoms with E-state index in [0.29, 0.717) is 11.5 Å². The van der Waals surface area contributed by atoms with E-state index >= 15 is 0 Å². The Bertz CT molecular complexity index is 448. The number of hydrogen-bond donors (Lipinski definition) is 2. The second-order valence-electron chi connectivity index (χ2n) is 5.84. The average molecular weight is 260 g/mol. The number of amides is 1. The molecule has 19 heavy (non-hydrogen) atoms. The summed E-state index contributed by atoms with van der Waals surface area (Å²) in [5, 5.41) is 3.39. The molecule has 0 atom stereocenters. The lowest BCUT2D eigenvalue weighted by molar-refractivity contribution is 0.0999. The highest BCUT2D eigenvalue weighted by molar-refractivity contribution is 5.94. The molecule has 0 aromatic heterocycles. The molecule has 0 aliphatic carbocycles. The molecule has 0 spiro atoms. The fraction of sp³-hybridized carbons (Fsp3) is 0.562. The van der Waals surface area contributed by atoms with E-state index in [-0.39, 0.29) is 5.91 Å². The molecule has 3 heteroatoms. The minimum Gasteiger partial charge on any atom is -0.366 e. The van der Waals surface area contributed by atoms with Crippen molar-refractivity contribution in [3.8, 4) is 0 Å². The minimum absolute atomic E-state index is 0.322. The van der Waals surface area contributed by atoms with Gasteiger partial charge in [0.25, 0.3) is 0 Å². The van der Waals surface area contributed by atoms with Crippen LogP contribution < -0.4 is 11.1 Å². The van der Waals surface area contributed by atoms with Crippen LogP contribution in [0.25, 0.3) is 0 Å². The third-order valence-corrected chi connectivity index (χ3v) is 3.99. The zero-order valence-corrected chi connectivity index (χ0v) is 11.9. The highest BCUT2D eigenvalue weighted by atomic mass is 16.1. The number of hydrogen-bond acceptors (Lipinski definition) is 2. The Kier molecular flexibility index (Phi) is 4.59. The summed E-state index contributed by atoms with van der Waals surface area (Å²) in [7, 11) is 0. The fourth-order valence-corrected chi connectivity index (χ4v) is 2.86. The third-order valence-electron chi connectivity index (χ3n) is 3.99. The van der Waals surface area contributed by atoms with Crippen molar-refractivity contribution in [1.29, 1.82) is 0 Å². The van der Waals surface area contributed by atoms with Crippen LogP contribution in [0.4, 0.5) is 0 Å². The smallest absolute Gasteiger partial charge is 0.248 e. The van der Waals surface area contributed by atoms with Gasteiger partial charge in [-0.25, -0.2) is 0 Å². The van der Waals surface area contributed by atoms with Crippen molar-refractivity contribution < 1.29 is 4.79 Å². The molecule has 1 amide bonds. The maximum atomic E-state index is 11.4. The Morgan fingerprint density at radius 3 is 2.63 bits per heavy atom. The molecule has 0 radical (unpaired) electrons. The lowest BCUT2D eigenvalue weighted by atomic mass is 9.88. The molecule has 0 saturated carbocycles. The number of piperidine rings is 1. The van der Waals surface area contributed by atoms with Crippen LogP contribution in [-0.4, -0.2) is 19.0 Å². The SMILES string of the molecule is CC(C)c1cc(CC2CCNCC2)ccc1C(N)=O. The fourth-order valence-electron chi connectivity index (χ4n) is 2.86. The van der Waals surface area contributed by atoms with Gasteiger partial charge in [-0.3, -0.25) is 4.79 Å². The zero-order chi connectivity index (χ0) is 13.8. The van der Waals surface area contributed by atoms with Crippen LogP contribution in [0.1, 0.15) is 54.1 Å². The number of carbonyl (C=O) groups is 1. The average Bonchev–Trinajstić information content (AvgIpc) is 2.39. The van der Waals surface area contributed by atoms with E-state index in [2.05, 4.69) is 31.3 Å². The molecule has 1 aromatic carbocycles. The molecule has 1 heterocycles. The van der Waals surface area contributed by atoms with E-state index < -0.39 is 0 Å². The van der Waals surface area contributed by atoms with Crippen molar-refractivity contribution in [2.75, 3.05) is 13.1 Å². The van der Waals surface area contributed by atoms with E-state index in [4.69, 9.17) is 5.73 Å². The lowest BCUT2D eigenvalue weighted by Gasteiger charge is -2.23. The van der Waals surface area contributed by atoms with Gasteiger partial charge in [0, 0.05) is 5.56 Å². The summed E-state index contributed by atoms with van der Waals surface area (Å²) in [5.74, 6) is 0.772. The van der Waals surface area contributed by atoms with E-state index in [1.54, 1.807) is 0 Å². The van der Waals surface area contributed by atoms with E-state index in [0.717, 1.165) is 31.0 Å². The first-order valence-corrected chi connectivity index (χ1v) is 7.21. The van der Waals surface area contributed by atoms with Crippen molar-refractivity contribution >= 4 is 5.91 Å². The Morgan fingerprint density at radius 1 is 1.37 bits per heavy atom. The first-order valence-electron chi connectivity index (χ1n) is 7.21. The van der Waals surface area contributed by atoms with Gasteiger partial charge in [-0.15, -0.1) is 0 Å². The summed E-state index contributed by atoms with van der Waals surface area (Å²) in [5.41, 5.74) is 8.53. The Morgan fingerprint density at radius 2 is 2.05 bits per heavy atom. The third kappa shape index (κ3) is 3.57. The molecule has 1 aliphatic rings. The summed E-state index contributed by atoms with van der Waals surface area (Å²) in [6.45, 7) is 6.47. The standard InChI is InChI=1S/C16H24N2O/c1-11(2)15-10-13(3-4-14(15)16(17)19)9-12-5-7-18-8-6-12/h3-4,10-12,18H,5-9H2,1-2H3,(H2,17,19). The molecule has 0 bridgehead atoms. The quantitative estimate of drug-likeness (QED) is 0.873. The van der Waals surface area contributed by atoms with Gasteiger partial charge in [-0.05, 0) is 61.4 Å². The predicted octanol–water partition coefficient (Wildman–Crippen LogP) is 2.45. The molecule has 0 unspecified atom stereocenters. The predicted molar refractivity (Wildman–Crippen MR) is 78.3 cm³/mol. The Hall–Kier alpha value is -1.35. The summed E-state index contributed by atoms with van der Waals surface area (Å²) < 4.78 is 0. The van der Waals surface area contributed by atoms with Gasteiger partial charge >= 0.3 is 0 Å². The molecule has 3 N–H and O–H groups in total. The maximum Gasteiger partial charge on any atom is 0.248 e. The first-order chi connectivity index (χ1) is 9.08. The highest BCUT2D eigenvalue weighted by Gasteiger charge is 2.16. The van der Waals surface area contributed by atoms with Crippen molar-refractivity contribution in [2.45, 2.75) is 39.0 Å². The number of rotatable bonds is 4. The van der Waals surface area contributed by atoms with Crippen LogP contribution in [0.3, 0.4) is 0 Å². The number of nitrogens with one attached hydrogen (secondary N) is 1. The Labute approximate surface area is 115 Å². The summed E-state index contributed by atoms with van der Waals surface area (Å²) in [6.07, 6.45) is 3.60. The minimum atomic E-state index is -0.322. The van der Waals surface area contributed by atoms with Gasteiger partial charge in [0.05, 0.1) is 0 Å². The summed E-state index contributed by atoms with van der Waals surface area (Å²) >= 11 is 0. The van der Waals surface area contributed by atoms with Crippen molar-refractivity contribution in [3.63, 3.8) is 0 Å². The van der Waals surface area contributed by atoms with E-state index in [1.165, 1.54) is 18.4 Å². The van der Waals surface area contributed by atoms with Crippen LogP contribution in [0, 0.1) is 5.92 Å². The topological polar surface area (TPSA) is 55.1 Å². The molecule has 2 rings (SSSR count). The van der Waals surface area contributed by atoms with Crippen molar-refractivity contribution in [3.05, 3.63) is 34.9 Å². The maximum absolute atomic E-state index is 11.4. The van der Waals surface area contributed by atoms with Gasteiger partial charge in [0.1, 0.15) is 0 Å². The number of benzene rings is 1. The van der Waals surface area contributed by atoms with E-state index in [1.807, 2.05) is 6.07 Å². The van der Waals surface area contributed by atoms with Crippen LogP contribution >= 0.6 is 0 Å². The molecule has 1 aromatic rings. The molecular weight excluding hydrogens is 236 g/mol. The summed E-state index contributed by atoms with van der Waals surface area (Å²) in [6, 6.07) is 6.13. The number of primary amides is 1. The van der Waals surface area contributed by atoms with Crippen LogP contribution in [0.5, 0.6) is 0 Å². The molecule has 1 fully saturated rings. The molecule has 1 aliphatic heterocycles. The second-order valence-corrected chi connectivity index (χ2v) is 5.84. The summed E-state index contributed by atoms with van der Waals surface area (Å²) in [4.78, 5) is 11.4. The van der Waals surface area contributed by atoms with Gasteiger partial charge in [0.2, 0.25) is 5.91 Å². The van der Waals surface area contributed by atoms with Crippen LogP contribution in [0.15, 0.2) is 18.2 Å². The van der Waals surface area contributed by atoms with Crippen molar-refractivity contribution in [1.82, 2.24) is 5.32 Å². The normalized spacial score (nSPS) is 16.8. The molecular formula is C16H24N2O. The number of nitrogens with two attached hydrogens (primary N) is 1. The van der Waals surface area contributed by atoms with Crippen molar-refractivity contribution in [2.24, 2.45) is 11.7 Å². The van der Waals surface area contributed by atoms with Gasteiger partial charge in [-0.1, -0.05) is 26.0 Å². The first kappa shape index (κ1) is 14.1. The van der Waals surface area contributed by atoms with Crippen LogP contribution in [0.2, 0.25) is 0 Å². The molecule has 104 valence electrons. The van der Waals surface area contributed by atoms with Gasteiger partial charge in [-0.2, -0.15) is 0 Å². The van der Waals surface area contributed by atoms with Crippen LogP contribution in [-0.2, 0) is 6.42 Å². The molecule has 3 nitrogen and oxygen atoms in total. The largest absolute Gasteiger partial charge is 0.366 e. The number of carbonyl (C=O) groups excluding carboxylic acids is 1.